The highest BCUT2D eigenvalue weighted by Gasteiger charge is 2.39. The lowest BCUT2D eigenvalue weighted by atomic mass is 10.1. The molecule has 0 radical (unpaired) electrons. The van der Waals surface area contributed by atoms with Gasteiger partial charge in [0.15, 0.2) is 5.56 Å². The molecule has 2 rings (SSSR count). The molecule has 0 aliphatic heterocycles. The van der Waals surface area contributed by atoms with Crippen LogP contribution in [-0.4, -0.2) is 17.1 Å². The minimum Gasteiger partial charge on any atom is -0.480 e. The van der Waals surface area contributed by atoms with Gasteiger partial charge in [0.1, 0.15) is 11.5 Å². The number of nitrogens with zero attached hydrogens (tertiary/aromatic N) is 2. The van der Waals surface area contributed by atoms with E-state index in [1.54, 1.807) is 0 Å². The van der Waals surface area contributed by atoms with Crippen molar-refractivity contribution in [3.05, 3.63) is 41.5 Å². The number of alkyl halides is 6. The average Bonchev–Trinajstić information content (AvgIpc) is 2.44. The summed E-state index contributed by atoms with van der Waals surface area (Å²) in [5.41, 5.74) is -3.32. The van der Waals surface area contributed by atoms with Crippen molar-refractivity contribution in [1.82, 2.24) is 9.97 Å². The highest BCUT2D eigenvalue weighted by molar-refractivity contribution is 5.60. The van der Waals surface area contributed by atoms with Gasteiger partial charge in [-0.3, -0.25) is 4.98 Å². The molecule has 0 spiro atoms. The Morgan fingerprint density at radius 3 is 2.09 bits per heavy atom. The molecule has 0 unspecified atom stereocenters. The number of hydrogen-bond donors (Lipinski definition) is 0. The smallest absolute Gasteiger partial charge is 0.433 e. The van der Waals surface area contributed by atoms with Gasteiger partial charge in [-0.25, -0.2) is 9.37 Å². The highest BCUT2D eigenvalue weighted by atomic mass is 19.4. The van der Waals surface area contributed by atoms with E-state index in [4.69, 9.17) is 0 Å². The van der Waals surface area contributed by atoms with Crippen molar-refractivity contribution >= 4 is 0 Å². The summed E-state index contributed by atoms with van der Waals surface area (Å²) in [7, 11) is 0.867. The Hall–Kier alpha value is -2.39. The fourth-order valence-electron chi connectivity index (χ4n) is 1.76. The third-order valence-electron chi connectivity index (χ3n) is 2.76. The van der Waals surface area contributed by atoms with E-state index in [9.17, 15) is 30.7 Å². The van der Waals surface area contributed by atoms with Crippen molar-refractivity contribution in [2.24, 2.45) is 0 Å². The third-order valence-corrected chi connectivity index (χ3v) is 2.76. The molecule has 10 heteroatoms. The number of rotatable bonds is 2. The lowest BCUT2D eigenvalue weighted by Gasteiger charge is -2.13. The Morgan fingerprint density at radius 1 is 1.00 bits per heavy atom. The predicted octanol–water partition coefficient (Wildman–Crippen LogP) is 4.33. The molecule has 23 heavy (non-hydrogen) atoms. The van der Waals surface area contributed by atoms with Crippen molar-refractivity contribution in [1.29, 1.82) is 0 Å². The fraction of sp³-hybridized carbons (Fsp3) is 0.231. The maximum absolute atomic E-state index is 13.7. The minimum atomic E-state index is -5.03. The van der Waals surface area contributed by atoms with Crippen LogP contribution in [0, 0.1) is 5.82 Å². The summed E-state index contributed by atoms with van der Waals surface area (Å²) >= 11 is 0. The zero-order valence-electron chi connectivity index (χ0n) is 11.3. The molecule has 124 valence electrons. The summed E-state index contributed by atoms with van der Waals surface area (Å²) in [4.78, 5) is 6.61. The van der Waals surface area contributed by atoms with Gasteiger partial charge in [0, 0.05) is 17.8 Å². The van der Waals surface area contributed by atoms with Crippen LogP contribution in [0.15, 0.2) is 24.4 Å². The normalized spacial score (nSPS) is 12.3. The zero-order valence-corrected chi connectivity index (χ0v) is 11.3. The summed E-state index contributed by atoms with van der Waals surface area (Å²) in [6.45, 7) is 0. The molecule has 2 aromatic rings. The first-order chi connectivity index (χ1) is 10.5. The van der Waals surface area contributed by atoms with Crippen LogP contribution < -0.4 is 4.74 Å². The van der Waals surface area contributed by atoms with Crippen LogP contribution in [0.2, 0.25) is 0 Å². The number of halogens is 7. The maximum atomic E-state index is 13.7. The summed E-state index contributed by atoms with van der Waals surface area (Å²) in [5, 5.41) is 0. The van der Waals surface area contributed by atoms with Gasteiger partial charge in [-0.15, -0.1) is 0 Å². The molecule has 0 atom stereocenters. The number of hydrogen-bond acceptors (Lipinski definition) is 3. The molecule has 0 bridgehead atoms. The topological polar surface area (TPSA) is 35.0 Å². The molecule has 2 aromatic heterocycles. The van der Waals surface area contributed by atoms with E-state index in [-0.39, 0.29) is 11.3 Å². The second-order valence-electron chi connectivity index (χ2n) is 4.30. The first-order valence-electron chi connectivity index (χ1n) is 5.89. The highest BCUT2D eigenvalue weighted by Crippen LogP contribution is 2.38. The Morgan fingerprint density at radius 2 is 1.65 bits per heavy atom. The fourth-order valence-corrected chi connectivity index (χ4v) is 1.76. The summed E-state index contributed by atoms with van der Waals surface area (Å²) in [6.07, 6.45) is -8.97. The van der Waals surface area contributed by atoms with Crippen molar-refractivity contribution in [2.75, 3.05) is 7.11 Å². The predicted molar refractivity (Wildman–Crippen MR) is 64.0 cm³/mol. The first-order valence-corrected chi connectivity index (χ1v) is 5.89. The van der Waals surface area contributed by atoms with Crippen LogP contribution in [0.5, 0.6) is 5.88 Å². The Kier molecular flexibility index (Phi) is 4.18. The van der Waals surface area contributed by atoms with Gasteiger partial charge in [-0.05, 0) is 12.1 Å². The molecule has 0 saturated heterocycles. The third kappa shape index (κ3) is 3.51. The Bertz CT molecular complexity index is 708. The van der Waals surface area contributed by atoms with Gasteiger partial charge >= 0.3 is 12.4 Å². The SMILES string of the molecule is COc1nc(-c2ccc(C(F)(F)F)nc2)cc(F)c1C(F)(F)F. The van der Waals surface area contributed by atoms with E-state index in [0.717, 1.165) is 19.4 Å². The van der Waals surface area contributed by atoms with E-state index in [1.807, 2.05) is 0 Å². The molecule has 0 fully saturated rings. The summed E-state index contributed by atoms with van der Waals surface area (Å²) in [5.74, 6) is -2.67. The van der Waals surface area contributed by atoms with Gasteiger partial charge in [0.25, 0.3) is 0 Å². The summed E-state index contributed by atoms with van der Waals surface area (Å²) in [6, 6.07) is 1.99. The second-order valence-corrected chi connectivity index (χ2v) is 4.30. The molecular formula is C13H7F7N2O. The Balaban J connectivity index is 2.51. The van der Waals surface area contributed by atoms with Gasteiger partial charge in [0.2, 0.25) is 5.88 Å². The van der Waals surface area contributed by atoms with E-state index in [0.29, 0.717) is 12.1 Å². The molecule has 0 aliphatic carbocycles. The van der Waals surface area contributed by atoms with Crippen molar-refractivity contribution in [3.63, 3.8) is 0 Å². The molecule has 3 nitrogen and oxygen atoms in total. The zero-order chi connectivity index (χ0) is 17.4. The molecule has 2 heterocycles. The van der Waals surface area contributed by atoms with Crippen LogP contribution in [0.3, 0.4) is 0 Å². The number of pyridine rings is 2. The monoisotopic (exact) mass is 340 g/mol. The van der Waals surface area contributed by atoms with Crippen LogP contribution in [0.1, 0.15) is 11.3 Å². The van der Waals surface area contributed by atoms with Gasteiger partial charge < -0.3 is 4.74 Å². The number of methoxy groups -OCH3 is 1. The second kappa shape index (κ2) is 5.67. The number of aromatic nitrogens is 2. The van der Waals surface area contributed by atoms with Gasteiger partial charge in [-0.1, -0.05) is 0 Å². The standard InChI is InChI=1S/C13H7F7N2O/c1-23-11-10(13(18,19)20)7(14)4-8(22-11)6-2-3-9(21-5-6)12(15,16)17/h2-5H,1H3. The van der Waals surface area contributed by atoms with E-state index in [1.165, 1.54) is 0 Å². The lowest BCUT2D eigenvalue weighted by molar-refractivity contribution is -0.142. The maximum Gasteiger partial charge on any atom is 0.433 e. The number of ether oxygens (including phenoxy) is 1. The lowest BCUT2D eigenvalue weighted by Crippen LogP contribution is -2.12. The first kappa shape index (κ1) is 17.0. The van der Waals surface area contributed by atoms with E-state index in [2.05, 4.69) is 14.7 Å². The van der Waals surface area contributed by atoms with Gasteiger partial charge in [0.05, 0.1) is 12.8 Å². The van der Waals surface area contributed by atoms with Crippen molar-refractivity contribution in [2.45, 2.75) is 12.4 Å². The molecular weight excluding hydrogens is 333 g/mol. The summed E-state index contributed by atoms with van der Waals surface area (Å²) < 4.78 is 93.5. The van der Waals surface area contributed by atoms with E-state index >= 15 is 0 Å². The van der Waals surface area contributed by atoms with Crippen molar-refractivity contribution < 1.29 is 35.5 Å². The van der Waals surface area contributed by atoms with Crippen LogP contribution in [0.4, 0.5) is 30.7 Å². The molecule has 0 aromatic carbocycles. The van der Waals surface area contributed by atoms with Crippen LogP contribution in [-0.2, 0) is 12.4 Å². The quantitative estimate of drug-likeness (QED) is 0.764. The van der Waals surface area contributed by atoms with Crippen LogP contribution in [0.25, 0.3) is 11.3 Å². The molecule has 0 aliphatic rings. The molecule has 0 amide bonds. The molecule has 0 saturated carbocycles. The van der Waals surface area contributed by atoms with Crippen molar-refractivity contribution in [3.8, 4) is 17.1 Å². The Labute approximate surface area is 124 Å². The average molecular weight is 340 g/mol. The van der Waals surface area contributed by atoms with Gasteiger partial charge in [-0.2, -0.15) is 26.3 Å². The minimum absolute atomic E-state index is 0.0936. The molecule has 0 N–H and O–H groups in total. The van der Waals surface area contributed by atoms with E-state index < -0.39 is 35.3 Å². The van der Waals surface area contributed by atoms with Crippen LogP contribution >= 0.6 is 0 Å². The largest absolute Gasteiger partial charge is 0.480 e.